The van der Waals surface area contributed by atoms with E-state index < -0.39 is 5.60 Å². The van der Waals surface area contributed by atoms with Crippen LogP contribution in [0.25, 0.3) is 6.08 Å². The molecule has 0 spiro atoms. The van der Waals surface area contributed by atoms with Crippen molar-refractivity contribution in [1.29, 1.82) is 0 Å². The van der Waals surface area contributed by atoms with Gasteiger partial charge in [-0.25, -0.2) is 4.79 Å². The second-order valence-corrected chi connectivity index (χ2v) is 5.76. The maximum Gasteiger partial charge on any atom is 0.331 e. The third-order valence-corrected chi connectivity index (χ3v) is 2.85. The van der Waals surface area contributed by atoms with Crippen molar-refractivity contribution < 1.29 is 9.53 Å². The maximum atomic E-state index is 11.6. The number of carbonyl (C=O) groups is 1. The number of aryl methyl sites for hydroxylation is 1. The van der Waals surface area contributed by atoms with Crippen LogP contribution in [-0.4, -0.2) is 11.6 Å². The molecule has 3 heteroatoms. The van der Waals surface area contributed by atoms with E-state index in [0.29, 0.717) is 0 Å². The molecule has 0 aliphatic rings. The van der Waals surface area contributed by atoms with Crippen molar-refractivity contribution in [2.45, 2.75) is 38.6 Å². The minimum Gasteiger partial charge on any atom is -0.457 e. The number of esters is 1. The molecule has 0 atom stereocenters. The van der Waals surface area contributed by atoms with Crippen LogP contribution < -0.4 is 0 Å². The van der Waals surface area contributed by atoms with E-state index in [4.69, 9.17) is 4.74 Å². The van der Waals surface area contributed by atoms with E-state index in [-0.39, 0.29) is 5.97 Å². The Morgan fingerprint density at radius 2 is 2.06 bits per heavy atom. The van der Waals surface area contributed by atoms with Gasteiger partial charge < -0.3 is 4.74 Å². The van der Waals surface area contributed by atoms with Gasteiger partial charge in [-0.2, -0.15) is 0 Å². The molecule has 2 nitrogen and oxygen atoms in total. The first kappa shape index (κ1) is 15.0. The number of alkyl halides is 1. The minimum atomic E-state index is -0.451. The lowest BCUT2D eigenvalue weighted by molar-refractivity contribution is -0.148. The number of ether oxygens (including phenoxy) is 1. The molecule has 0 aromatic heterocycles. The second kappa shape index (κ2) is 6.19. The third kappa shape index (κ3) is 5.05. The Balaban J connectivity index is 2.81. The molecule has 1 aromatic rings. The monoisotopic (exact) mass is 310 g/mol. The zero-order valence-electron chi connectivity index (χ0n) is 11.3. The summed E-state index contributed by atoms with van der Waals surface area (Å²) < 4.78 is 5.22. The fraction of sp³-hybridized carbons (Fsp3) is 0.400. The number of benzene rings is 1. The van der Waals surface area contributed by atoms with Crippen LogP contribution in [0, 0.1) is 6.92 Å². The van der Waals surface area contributed by atoms with E-state index in [1.165, 1.54) is 11.6 Å². The average molecular weight is 311 g/mol. The summed E-state index contributed by atoms with van der Waals surface area (Å²) in [6, 6.07) is 6.14. The van der Waals surface area contributed by atoms with Crippen molar-refractivity contribution in [3.05, 3.63) is 41.0 Å². The first-order valence-electron chi connectivity index (χ1n) is 5.88. The topological polar surface area (TPSA) is 26.3 Å². The molecule has 0 saturated heterocycles. The highest BCUT2D eigenvalue weighted by molar-refractivity contribution is 9.08. The van der Waals surface area contributed by atoms with Crippen molar-refractivity contribution in [2.75, 3.05) is 0 Å². The SMILES string of the molecule is Cc1ccc(/C=C/C(=O)OC(C)(C)C)c(CBr)c1. The van der Waals surface area contributed by atoms with Gasteiger partial charge in [-0.05, 0) is 44.9 Å². The van der Waals surface area contributed by atoms with Gasteiger partial charge in [-0.3, -0.25) is 0 Å². The summed E-state index contributed by atoms with van der Waals surface area (Å²) in [4.78, 5) is 11.6. The summed E-state index contributed by atoms with van der Waals surface area (Å²) >= 11 is 3.45. The molecule has 0 fully saturated rings. The molecular weight excluding hydrogens is 292 g/mol. The predicted octanol–water partition coefficient (Wildman–Crippen LogP) is 4.24. The lowest BCUT2D eigenvalue weighted by Crippen LogP contribution is -2.22. The Hall–Kier alpha value is -1.09. The van der Waals surface area contributed by atoms with Crippen LogP contribution in [0.3, 0.4) is 0 Å². The van der Waals surface area contributed by atoms with Gasteiger partial charge in [-0.15, -0.1) is 0 Å². The zero-order chi connectivity index (χ0) is 13.8. The summed E-state index contributed by atoms with van der Waals surface area (Å²) in [7, 11) is 0. The summed E-state index contributed by atoms with van der Waals surface area (Å²) in [6.45, 7) is 7.62. The van der Waals surface area contributed by atoms with Gasteiger partial charge in [0, 0.05) is 11.4 Å². The molecule has 0 heterocycles. The van der Waals surface area contributed by atoms with Crippen molar-refractivity contribution >= 4 is 28.0 Å². The van der Waals surface area contributed by atoms with Crippen molar-refractivity contribution in [2.24, 2.45) is 0 Å². The normalized spacial score (nSPS) is 11.8. The molecule has 0 bridgehead atoms. The maximum absolute atomic E-state index is 11.6. The largest absolute Gasteiger partial charge is 0.457 e. The van der Waals surface area contributed by atoms with Crippen molar-refractivity contribution in [3.8, 4) is 0 Å². The first-order chi connectivity index (χ1) is 8.31. The van der Waals surface area contributed by atoms with Gasteiger partial charge in [0.1, 0.15) is 5.60 Å². The standard InChI is InChI=1S/C15H19BrO2/c1-11-5-6-12(13(9-11)10-16)7-8-14(17)18-15(2,3)4/h5-9H,10H2,1-4H3/b8-7+. The molecule has 0 radical (unpaired) electrons. The smallest absolute Gasteiger partial charge is 0.331 e. The number of rotatable bonds is 3. The van der Waals surface area contributed by atoms with Crippen LogP contribution in [0.1, 0.15) is 37.5 Å². The third-order valence-electron chi connectivity index (χ3n) is 2.25. The first-order valence-corrected chi connectivity index (χ1v) is 7.00. The molecule has 1 rings (SSSR count). The Morgan fingerprint density at radius 3 is 2.61 bits per heavy atom. The number of hydrogen-bond donors (Lipinski definition) is 0. The molecule has 1 aromatic carbocycles. The van der Waals surface area contributed by atoms with E-state index in [1.807, 2.05) is 39.8 Å². The highest BCUT2D eigenvalue weighted by atomic mass is 79.9. The van der Waals surface area contributed by atoms with E-state index in [2.05, 4.69) is 22.0 Å². The highest BCUT2D eigenvalue weighted by Gasteiger charge is 2.13. The second-order valence-electron chi connectivity index (χ2n) is 5.20. The molecule has 0 aliphatic carbocycles. The van der Waals surface area contributed by atoms with Crippen LogP contribution in [-0.2, 0) is 14.9 Å². The van der Waals surface area contributed by atoms with E-state index in [1.54, 1.807) is 6.08 Å². The fourth-order valence-electron chi connectivity index (χ4n) is 1.51. The molecule has 0 unspecified atom stereocenters. The quantitative estimate of drug-likeness (QED) is 0.474. The highest BCUT2D eigenvalue weighted by Crippen LogP contribution is 2.17. The predicted molar refractivity (Wildman–Crippen MR) is 78.7 cm³/mol. The van der Waals surface area contributed by atoms with Gasteiger partial charge in [0.05, 0.1) is 0 Å². The van der Waals surface area contributed by atoms with Gasteiger partial charge in [0.25, 0.3) is 0 Å². The Morgan fingerprint density at radius 1 is 1.39 bits per heavy atom. The Kier molecular flexibility index (Phi) is 5.15. The average Bonchev–Trinajstić information content (AvgIpc) is 2.24. The van der Waals surface area contributed by atoms with Crippen molar-refractivity contribution in [1.82, 2.24) is 0 Å². The molecule has 0 N–H and O–H groups in total. The van der Waals surface area contributed by atoms with Crippen LogP contribution in [0.5, 0.6) is 0 Å². The van der Waals surface area contributed by atoms with Crippen LogP contribution in [0.4, 0.5) is 0 Å². The van der Waals surface area contributed by atoms with E-state index in [0.717, 1.165) is 16.5 Å². The molecule has 18 heavy (non-hydrogen) atoms. The fourth-order valence-corrected chi connectivity index (χ4v) is 1.99. The van der Waals surface area contributed by atoms with Crippen LogP contribution >= 0.6 is 15.9 Å². The van der Waals surface area contributed by atoms with Gasteiger partial charge in [0.15, 0.2) is 0 Å². The number of carbonyl (C=O) groups excluding carboxylic acids is 1. The Bertz CT molecular complexity index is 456. The molecule has 0 amide bonds. The van der Waals surface area contributed by atoms with Gasteiger partial charge >= 0.3 is 5.97 Å². The number of halogens is 1. The van der Waals surface area contributed by atoms with E-state index >= 15 is 0 Å². The number of hydrogen-bond acceptors (Lipinski definition) is 2. The Labute approximate surface area is 117 Å². The lowest BCUT2D eigenvalue weighted by atomic mass is 10.1. The zero-order valence-corrected chi connectivity index (χ0v) is 12.9. The minimum absolute atomic E-state index is 0.316. The summed E-state index contributed by atoms with van der Waals surface area (Å²) in [5.41, 5.74) is 2.95. The molecular formula is C15H19BrO2. The van der Waals surface area contributed by atoms with Gasteiger partial charge in [-0.1, -0.05) is 39.7 Å². The van der Waals surface area contributed by atoms with Crippen LogP contribution in [0.2, 0.25) is 0 Å². The lowest BCUT2D eigenvalue weighted by Gasteiger charge is -2.17. The molecule has 98 valence electrons. The molecule has 0 saturated carbocycles. The molecule has 0 aliphatic heterocycles. The summed E-state index contributed by atoms with van der Waals surface area (Å²) in [5, 5.41) is 0.767. The van der Waals surface area contributed by atoms with Crippen LogP contribution in [0.15, 0.2) is 24.3 Å². The summed E-state index contributed by atoms with van der Waals surface area (Å²) in [6.07, 6.45) is 3.27. The van der Waals surface area contributed by atoms with E-state index in [9.17, 15) is 4.79 Å². The van der Waals surface area contributed by atoms with Crippen molar-refractivity contribution in [3.63, 3.8) is 0 Å². The van der Waals surface area contributed by atoms with Gasteiger partial charge in [0.2, 0.25) is 0 Å². The summed E-state index contributed by atoms with van der Waals surface area (Å²) in [5.74, 6) is -0.316.